The van der Waals surface area contributed by atoms with Crippen molar-refractivity contribution in [1.29, 1.82) is 0 Å². The summed E-state index contributed by atoms with van der Waals surface area (Å²) in [5.41, 5.74) is 10.9. The van der Waals surface area contributed by atoms with E-state index >= 15 is 0 Å². The Balaban J connectivity index is 2.24. The van der Waals surface area contributed by atoms with Crippen molar-refractivity contribution in [2.45, 2.75) is 20.8 Å². The van der Waals surface area contributed by atoms with Gasteiger partial charge in [0.1, 0.15) is 4.99 Å². The van der Waals surface area contributed by atoms with E-state index in [9.17, 15) is 4.79 Å². The monoisotopic (exact) mass is 298 g/mol. The van der Waals surface area contributed by atoms with Crippen molar-refractivity contribution in [2.24, 2.45) is 5.73 Å². The number of carbonyl (C=O) groups excluding carboxylic acids is 1. The molecule has 0 fully saturated rings. The van der Waals surface area contributed by atoms with Gasteiger partial charge in [-0.15, -0.1) is 0 Å². The molecule has 0 heterocycles. The Morgan fingerprint density at radius 3 is 2.05 bits per heavy atom. The van der Waals surface area contributed by atoms with E-state index in [0.29, 0.717) is 4.99 Å². The first-order chi connectivity index (χ1) is 9.88. The molecule has 2 aromatic rings. The average molecular weight is 298 g/mol. The van der Waals surface area contributed by atoms with Gasteiger partial charge in [0.05, 0.1) is 0 Å². The molecule has 0 saturated carbocycles. The first-order valence-electron chi connectivity index (χ1n) is 6.67. The summed E-state index contributed by atoms with van der Waals surface area (Å²) in [6.07, 6.45) is 0. The second-order valence-corrected chi connectivity index (χ2v) is 5.61. The minimum Gasteiger partial charge on any atom is -0.389 e. The van der Waals surface area contributed by atoms with Crippen molar-refractivity contribution in [3.8, 4) is 0 Å². The molecular formula is C17H18N2OS. The second kappa shape index (κ2) is 6.06. The number of nitrogens with one attached hydrogen (secondary N) is 1. The Bertz CT molecular complexity index is 682. The summed E-state index contributed by atoms with van der Waals surface area (Å²) in [5, 5.41) is 2.90. The fourth-order valence-corrected chi connectivity index (χ4v) is 2.59. The number of benzene rings is 2. The van der Waals surface area contributed by atoms with E-state index in [4.69, 9.17) is 18.0 Å². The highest BCUT2D eigenvalue weighted by Gasteiger charge is 2.13. The van der Waals surface area contributed by atoms with E-state index in [-0.39, 0.29) is 5.91 Å². The van der Waals surface area contributed by atoms with Crippen LogP contribution in [0.1, 0.15) is 32.6 Å². The summed E-state index contributed by atoms with van der Waals surface area (Å²) in [4.78, 5) is 12.8. The highest BCUT2D eigenvalue weighted by Crippen LogP contribution is 2.18. The Morgan fingerprint density at radius 2 is 1.57 bits per heavy atom. The molecule has 0 aliphatic heterocycles. The minimum absolute atomic E-state index is 0.104. The molecule has 0 aromatic heterocycles. The van der Waals surface area contributed by atoms with Crippen LogP contribution in [0, 0.1) is 20.8 Å². The molecule has 0 saturated heterocycles. The third-order valence-electron chi connectivity index (χ3n) is 3.33. The molecule has 0 bridgehead atoms. The molecule has 0 unspecified atom stereocenters. The molecule has 0 atom stereocenters. The van der Waals surface area contributed by atoms with Crippen LogP contribution in [0.2, 0.25) is 0 Å². The first kappa shape index (κ1) is 15.2. The molecule has 108 valence electrons. The van der Waals surface area contributed by atoms with Crippen LogP contribution in [-0.2, 0) is 0 Å². The van der Waals surface area contributed by atoms with Crippen molar-refractivity contribution < 1.29 is 4.79 Å². The molecule has 3 nitrogen and oxygen atoms in total. The normalized spacial score (nSPS) is 10.2. The van der Waals surface area contributed by atoms with Gasteiger partial charge < -0.3 is 11.1 Å². The van der Waals surface area contributed by atoms with Crippen molar-refractivity contribution in [3.05, 3.63) is 64.2 Å². The number of hydrogen-bond donors (Lipinski definition) is 2. The maximum Gasteiger partial charge on any atom is 0.256 e. The van der Waals surface area contributed by atoms with Gasteiger partial charge in [-0.2, -0.15) is 0 Å². The fourth-order valence-electron chi connectivity index (χ4n) is 2.45. The van der Waals surface area contributed by atoms with Gasteiger partial charge >= 0.3 is 0 Å². The summed E-state index contributed by atoms with van der Waals surface area (Å²) in [6.45, 7) is 5.92. The number of aryl methyl sites for hydroxylation is 3. The third-order valence-corrected chi connectivity index (χ3v) is 3.57. The average Bonchev–Trinajstić information content (AvgIpc) is 2.37. The lowest BCUT2D eigenvalue weighted by molar-refractivity contribution is 0.102. The molecule has 0 aliphatic rings. The number of amides is 1. The van der Waals surface area contributed by atoms with Gasteiger partial charge in [-0.25, -0.2) is 0 Å². The first-order valence-corrected chi connectivity index (χ1v) is 7.08. The van der Waals surface area contributed by atoms with Crippen LogP contribution in [0.5, 0.6) is 0 Å². The maximum atomic E-state index is 12.4. The van der Waals surface area contributed by atoms with Crippen molar-refractivity contribution in [3.63, 3.8) is 0 Å². The molecule has 0 aliphatic carbocycles. The van der Waals surface area contributed by atoms with E-state index in [1.165, 1.54) is 0 Å². The number of carbonyl (C=O) groups is 1. The quantitative estimate of drug-likeness (QED) is 0.853. The molecule has 0 spiro atoms. The van der Waals surface area contributed by atoms with Gasteiger partial charge in [-0.1, -0.05) is 29.9 Å². The lowest BCUT2D eigenvalue weighted by Crippen LogP contribution is -2.15. The van der Waals surface area contributed by atoms with Gasteiger partial charge in [0.2, 0.25) is 0 Å². The zero-order valence-electron chi connectivity index (χ0n) is 12.4. The van der Waals surface area contributed by atoms with E-state index in [1.54, 1.807) is 24.3 Å². The van der Waals surface area contributed by atoms with Crippen LogP contribution in [0.3, 0.4) is 0 Å². The number of hydrogen-bond acceptors (Lipinski definition) is 2. The topological polar surface area (TPSA) is 55.1 Å². The highest BCUT2D eigenvalue weighted by atomic mass is 32.1. The molecule has 3 N–H and O–H groups in total. The van der Waals surface area contributed by atoms with Gasteiger partial charge in [0.15, 0.2) is 0 Å². The summed E-state index contributed by atoms with van der Waals surface area (Å²) in [6, 6.07) is 11.2. The van der Waals surface area contributed by atoms with Crippen LogP contribution >= 0.6 is 12.2 Å². The van der Waals surface area contributed by atoms with Crippen LogP contribution in [-0.4, -0.2) is 10.9 Å². The van der Waals surface area contributed by atoms with Crippen LogP contribution in [0.25, 0.3) is 0 Å². The van der Waals surface area contributed by atoms with Crippen molar-refractivity contribution in [1.82, 2.24) is 0 Å². The zero-order chi connectivity index (χ0) is 15.6. The Kier molecular flexibility index (Phi) is 4.38. The van der Waals surface area contributed by atoms with Crippen molar-refractivity contribution >= 4 is 28.8 Å². The fraction of sp³-hybridized carbons (Fsp3) is 0.176. The molecule has 2 rings (SSSR count). The molecular weight excluding hydrogens is 280 g/mol. The summed E-state index contributed by atoms with van der Waals surface area (Å²) >= 11 is 4.91. The minimum atomic E-state index is -0.104. The standard InChI is InChI=1S/C17H18N2OS/c1-10-8-11(2)15(12(3)9-10)17(20)19-14-6-4-13(5-7-14)16(18)21/h4-9H,1-3H3,(H2,18,21)(H,19,20). The predicted molar refractivity (Wildman–Crippen MR) is 90.9 cm³/mol. The summed E-state index contributed by atoms with van der Waals surface area (Å²) in [7, 11) is 0. The second-order valence-electron chi connectivity index (χ2n) is 5.17. The largest absolute Gasteiger partial charge is 0.389 e. The number of rotatable bonds is 3. The van der Waals surface area contributed by atoms with E-state index in [0.717, 1.165) is 33.5 Å². The molecule has 1 amide bonds. The van der Waals surface area contributed by atoms with Gasteiger partial charge in [-0.05, 0) is 56.2 Å². The summed E-state index contributed by atoms with van der Waals surface area (Å²) in [5.74, 6) is -0.104. The number of thiocarbonyl (C=S) groups is 1. The molecule has 4 heteroatoms. The highest BCUT2D eigenvalue weighted by molar-refractivity contribution is 7.80. The molecule has 0 radical (unpaired) electrons. The van der Waals surface area contributed by atoms with Crippen molar-refractivity contribution in [2.75, 3.05) is 5.32 Å². The molecule has 2 aromatic carbocycles. The Morgan fingerprint density at radius 1 is 1.05 bits per heavy atom. The van der Waals surface area contributed by atoms with Crippen LogP contribution < -0.4 is 11.1 Å². The van der Waals surface area contributed by atoms with Crippen LogP contribution in [0.15, 0.2) is 36.4 Å². The van der Waals surface area contributed by atoms with E-state index < -0.39 is 0 Å². The van der Waals surface area contributed by atoms with Gasteiger partial charge in [0, 0.05) is 16.8 Å². The Hall–Kier alpha value is -2.20. The smallest absolute Gasteiger partial charge is 0.256 e. The van der Waals surface area contributed by atoms with Crippen LogP contribution in [0.4, 0.5) is 5.69 Å². The predicted octanol–water partition coefficient (Wildman–Crippen LogP) is 3.50. The third kappa shape index (κ3) is 3.47. The zero-order valence-corrected chi connectivity index (χ0v) is 13.2. The lowest BCUT2D eigenvalue weighted by Gasteiger charge is -2.12. The lowest BCUT2D eigenvalue weighted by atomic mass is 9.99. The maximum absolute atomic E-state index is 12.4. The van der Waals surface area contributed by atoms with Gasteiger partial charge in [0.25, 0.3) is 5.91 Å². The van der Waals surface area contributed by atoms with Gasteiger partial charge in [-0.3, -0.25) is 4.79 Å². The molecule has 21 heavy (non-hydrogen) atoms. The Labute approximate surface area is 130 Å². The number of nitrogens with two attached hydrogens (primary N) is 1. The number of anilines is 1. The SMILES string of the molecule is Cc1cc(C)c(C(=O)Nc2ccc(C(N)=S)cc2)c(C)c1. The summed E-state index contributed by atoms with van der Waals surface area (Å²) < 4.78 is 0. The van der Waals surface area contributed by atoms with E-state index in [1.807, 2.05) is 32.9 Å². The van der Waals surface area contributed by atoms with E-state index in [2.05, 4.69) is 5.32 Å².